The van der Waals surface area contributed by atoms with Crippen LogP contribution in [0, 0.1) is 5.92 Å². The molecule has 0 unspecified atom stereocenters. The van der Waals surface area contributed by atoms with Crippen LogP contribution in [-0.4, -0.2) is 26.4 Å². The molecule has 1 aliphatic rings. The van der Waals surface area contributed by atoms with E-state index in [0.717, 1.165) is 25.7 Å². The number of rotatable bonds is 6. The number of esters is 1. The summed E-state index contributed by atoms with van der Waals surface area (Å²) in [6.45, 7) is 1.51. The lowest BCUT2D eigenvalue weighted by atomic mass is 9.87. The molecule has 1 fully saturated rings. The first-order valence-electron chi connectivity index (χ1n) is 8.39. The smallest absolute Gasteiger partial charge is 0.306 e. The van der Waals surface area contributed by atoms with Crippen molar-refractivity contribution in [1.82, 2.24) is 0 Å². The van der Waals surface area contributed by atoms with Gasteiger partial charge in [0.1, 0.15) is 0 Å². The molecule has 25 heavy (non-hydrogen) atoms. The number of hydrogen-bond acceptors (Lipinski definition) is 5. The van der Waals surface area contributed by atoms with Crippen molar-refractivity contribution >= 4 is 27.6 Å². The van der Waals surface area contributed by atoms with Gasteiger partial charge in [0, 0.05) is 12.1 Å². The second-order valence-electron chi connectivity index (χ2n) is 6.40. The number of primary sulfonamides is 1. The minimum Gasteiger partial charge on any atom is -0.453 e. The van der Waals surface area contributed by atoms with Gasteiger partial charge in [-0.3, -0.25) is 9.59 Å². The minimum atomic E-state index is -3.78. The van der Waals surface area contributed by atoms with Crippen LogP contribution in [0.4, 0.5) is 5.69 Å². The summed E-state index contributed by atoms with van der Waals surface area (Å²) in [4.78, 5) is 24.0. The molecule has 1 aliphatic carbocycles. The largest absolute Gasteiger partial charge is 0.453 e. The maximum absolute atomic E-state index is 12.1. The van der Waals surface area contributed by atoms with Crippen LogP contribution in [0.5, 0.6) is 0 Å². The molecule has 2 rings (SSSR count). The summed E-state index contributed by atoms with van der Waals surface area (Å²) in [5, 5.41) is 7.59. The molecule has 1 aromatic carbocycles. The SMILES string of the molecule is C[C@H](OC(=O)CC1CCCCC1)C(=O)Nc1ccc(S(N)(=O)=O)cc1. The van der Waals surface area contributed by atoms with Crippen molar-refractivity contribution in [1.29, 1.82) is 0 Å². The van der Waals surface area contributed by atoms with Gasteiger partial charge < -0.3 is 10.1 Å². The Morgan fingerprint density at radius 3 is 2.36 bits per heavy atom. The van der Waals surface area contributed by atoms with Gasteiger partial charge in [0.15, 0.2) is 6.10 Å². The van der Waals surface area contributed by atoms with Crippen molar-refractivity contribution in [3.8, 4) is 0 Å². The van der Waals surface area contributed by atoms with Crippen LogP contribution in [-0.2, 0) is 24.3 Å². The van der Waals surface area contributed by atoms with E-state index in [0.29, 0.717) is 18.0 Å². The number of amides is 1. The Hall–Kier alpha value is -1.93. The van der Waals surface area contributed by atoms with Crippen molar-refractivity contribution in [2.45, 2.75) is 56.4 Å². The maximum atomic E-state index is 12.1. The van der Waals surface area contributed by atoms with E-state index < -0.39 is 22.0 Å². The summed E-state index contributed by atoms with van der Waals surface area (Å²) >= 11 is 0. The summed E-state index contributed by atoms with van der Waals surface area (Å²) in [5.74, 6) is -0.484. The third kappa shape index (κ3) is 6.13. The first-order valence-corrected chi connectivity index (χ1v) is 9.93. The second kappa shape index (κ2) is 8.44. The highest BCUT2D eigenvalue weighted by Gasteiger charge is 2.22. The maximum Gasteiger partial charge on any atom is 0.306 e. The standard InChI is InChI=1S/C17H24N2O5S/c1-12(24-16(20)11-13-5-3-2-4-6-13)17(21)19-14-7-9-15(10-8-14)25(18,22)23/h7-10,12-13H,2-6,11H2,1H3,(H,19,21)(H2,18,22,23)/t12-/m0/s1. The Balaban J connectivity index is 1.84. The lowest BCUT2D eigenvalue weighted by molar-refractivity contribution is -0.154. The molecule has 0 aromatic heterocycles. The number of anilines is 1. The molecule has 0 radical (unpaired) electrons. The summed E-state index contributed by atoms with van der Waals surface area (Å²) < 4.78 is 27.6. The number of hydrogen-bond donors (Lipinski definition) is 2. The van der Waals surface area contributed by atoms with E-state index in [1.165, 1.54) is 37.6 Å². The number of sulfonamides is 1. The fourth-order valence-corrected chi connectivity index (χ4v) is 3.41. The first-order chi connectivity index (χ1) is 11.8. The van der Waals surface area contributed by atoms with Crippen LogP contribution < -0.4 is 10.5 Å². The second-order valence-corrected chi connectivity index (χ2v) is 7.96. The fraction of sp³-hybridized carbons (Fsp3) is 0.529. The van der Waals surface area contributed by atoms with Crippen molar-refractivity contribution in [2.24, 2.45) is 11.1 Å². The molecule has 1 atom stereocenters. The molecule has 1 aromatic rings. The monoisotopic (exact) mass is 368 g/mol. The Labute approximate surface area is 148 Å². The Morgan fingerprint density at radius 2 is 1.80 bits per heavy atom. The molecule has 0 aliphatic heterocycles. The van der Waals surface area contributed by atoms with Gasteiger partial charge in [-0.15, -0.1) is 0 Å². The van der Waals surface area contributed by atoms with Crippen LogP contribution in [0.1, 0.15) is 45.4 Å². The molecular formula is C17H24N2O5S. The van der Waals surface area contributed by atoms with Gasteiger partial charge in [-0.25, -0.2) is 13.6 Å². The Morgan fingerprint density at radius 1 is 1.20 bits per heavy atom. The summed E-state index contributed by atoms with van der Waals surface area (Å²) in [6.07, 6.45) is 4.99. The fourth-order valence-electron chi connectivity index (χ4n) is 2.90. The molecule has 1 saturated carbocycles. The molecule has 0 saturated heterocycles. The van der Waals surface area contributed by atoms with Gasteiger partial charge in [-0.2, -0.15) is 0 Å². The zero-order chi connectivity index (χ0) is 18.4. The quantitative estimate of drug-likeness (QED) is 0.747. The van der Waals surface area contributed by atoms with E-state index in [2.05, 4.69) is 5.32 Å². The lowest BCUT2D eigenvalue weighted by Gasteiger charge is -2.21. The normalized spacial score (nSPS) is 16.9. The summed E-state index contributed by atoms with van der Waals surface area (Å²) in [5.41, 5.74) is 0.396. The Kier molecular flexibility index (Phi) is 6.55. The average molecular weight is 368 g/mol. The molecular weight excluding hydrogens is 344 g/mol. The highest BCUT2D eigenvalue weighted by Crippen LogP contribution is 2.26. The summed E-state index contributed by atoms with van der Waals surface area (Å²) in [7, 11) is -3.78. The van der Waals surface area contributed by atoms with Crippen LogP contribution >= 0.6 is 0 Å². The predicted octanol–water partition coefficient (Wildman–Crippen LogP) is 2.17. The highest BCUT2D eigenvalue weighted by molar-refractivity contribution is 7.89. The van der Waals surface area contributed by atoms with E-state index >= 15 is 0 Å². The van der Waals surface area contributed by atoms with Gasteiger partial charge >= 0.3 is 5.97 Å². The van der Waals surface area contributed by atoms with Crippen LogP contribution in [0.15, 0.2) is 29.2 Å². The average Bonchev–Trinajstić information content (AvgIpc) is 2.55. The van der Waals surface area contributed by atoms with E-state index in [1.54, 1.807) is 0 Å². The van der Waals surface area contributed by atoms with E-state index in [1.807, 2.05) is 0 Å². The number of carbonyl (C=O) groups is 2. The first kappa shape index (κ1) is 19.4. The van der Waals surface area contributed by atoms with Gasteiger partial charge in [0.05, 0.1) is 4.90 Å². The molecule has 138 valence electrons. The number of benzene rings is 1. The number of nitrogens with two attached hydrogens (primary N) is 1. The molecule has 0 heterocycles. The number of nitrogens with one attached hydrogen (secondary N) is 1. The highest BCUT2D eigenvalue weighted by atomic mass is 32.2. The summed E-state index contributed by atoms with van der Waals surface area (Å²) in [6, 6.07) is 5.44. The third-order valence-corrected chi connectivity index (χ3v) is 5.24. The topological polar surface area (TPSA) is 116 Å². The molecule has 3 N–H and O–H groups in total. The van der Waals surface area contributed by atoms with Crippen LogP contribution in [0.3, 0.4) is 0 Å². The lowest BCUT2D eigenvalue weighted by Crippen LogP contribution is -2.30. The van der Waals surface area contributed by atoms with Crippen molar-refractivity contribution in [2.75, 3.05) is 5.32 Å². The molecule has 8 heteroatoms. The molecule has 1 amide bonds. The van der Waals surface area contributed by atoms with Crippen molar-refractivity contribution in [3.63, 3.8) is 0 Å². The number of ether oxygens (including phenoxy) is 1. The zero-order valence-corrected chi connectivity index (χ0v) is 15.1. The Bertz CT molecular complexity index is 709. The van der Waals surface area contributed by atoms with Crippen molar-refractivity contribution < 1.29 is 22.7 Å². The van der Waals surface area contributed by atoms with Crippen LogP contribution in [0.25, 0.3) is 0 Å². The molecule has 0 spiro atoms. The van der Waals surface area contributed by atoms with Gasteiger partial charge in [0.2, 0.25) is 10.0 Å². The van der Waals surface area contributed by atoms with Crippen LogP contribution in [0.2, 0.25) is 0 Å². The van der Waals surface area contributed by atoms with Gasteiger partial charge in [-0.1, -0.05) is 19.3 Å². The van der Waals surface area contributed by atoms with Gasteiger partial charge in [0.25, 0.3) is 5.91 Å². The third-order valence-electron chi connectivity index (χ3n) is 4.31. The number of carbonyl (C=O) groups excluding carboxylic acids is 2. The molecule has 7 nitrogen and oxygen atoms in total. The van der Waals surface area contributed by atoms with E-state index in [4.69, 9.17) is 9.88 Å². The van der Waals surface area contributed by atoms with E-state index in [9.17, 15) is 18.0 Å². The minimum absolute atomic E-state index is 0.0440. The predicted molar refractivity (Wildman–Crippen MR) is 93.2 cm³/mol. The van der Waals surface area contributed by atoms with E-state index in [-0.39, 0.29) is 10.9 Å². The van der Waals surface area contributed by atoms with Gasteiger partial charge in [-0.05, 0) is 49.9 Å². The zero-order valence-electron chi connectivity index (χ0n) is 14.2. The van der Waals surface area contributed by atoms with Crippen molar-refractivity contribution in [3.05, 3.63) is 24.3 Å². The molecule has 0 bridgehead atoms.